The van der Waals surface area contributed by atoms with Crippen LogP contribution in [0.2, 0.25) is 0 Å². The predicted molar refractivity (Wildman–Crippen MR) is 126 cm³/mol. The molecule has 1 aromatic heterocycles. The molecule has 0 bridgehead atoms. The van der Waals surface area contributed by atoms with Gasteiger partial charge in [0.05, 0.1) is 35.1 Å². The number of nitrogens with one attached hydrogen (secondary N) is 2. The van der Waals surface area contributed by atoms with E-state index in [2.05, 4.69) is 15.6 Å². The van der Waals surface area contributed by atoms with Crippen LogP contribution in [-0.2, 0) is 9.53 Å². The van der Waals surface area contributed by atoms with Crippen LogP contribution in [0.3, 0.4) is 0 Å². The average molecular weight is 468 g/mol. The number of benzene rings is 2. The third kappa shape index (κ3) is 5.33. The molecule has 0 aliphatic carbocycles. The van der Waals surface area contributed by atoms with Gasteiger partial charge in [-0.15, -0.1) is 11.3 Å². The number of rotatable bonds is 6. The molecule has 1 fully saturated rings. The molecular formula is C22H21N5O5S. The van der Waals surface area contributed by atoms with Gasteiger partial charge in [-0.05, 0) is 18.2 Å². The molecule has 0 radical (unpaired) electrons. The number of non-ortho nitro benzene ring substituents is 1. The molecule has 1 saturated heterocycles. The number of amides is 2. The van der Waals surface area contributed by atoms with E-state index in [1.54, 1.807) is 23.6 Å². The summed E-state index contributed by atoms with van der Waals surface area (Å²) in [4.78, 5) is 41.4. The van der Waals surface area contributed by atoms with Crippen molar-refractivity contribution in [1.82, 2.24) is 4.98 Å². The number of aromatic nitrogens is 1. The lowest BCUT2D eigenvalue weighted by Gasteiger charge is -2.30. The zero-order valence-electron chi connectivity index (χ0n) is 17.7. The second-order valence-corrected chi connectivity index (χ2v) is 8.17. The first-order valence-electron chi connectivity index (χ1n) is 10.2. The Hall–Kier alpha value is -3.83. The van der Waals surface area contributed by atoms with Gasteiger partial charge in [0.15, 0.2) is 5.13 Å². The number of nitro groups is 1. The van der Waals surface area contributed by atoms with Crippen molar-refractivity contribution in [2.45, 2.75) is 6.92 Å². The summed E-state index contributed by atoms with van der Waals surface area (Å²) in [5.74, 6) is -0.624. The summed E-state index contributed by atoms with van der Waals surface area (Å²) in [6.07, 6.45) is 0. The minimum Gasteiger partial charge on any atom is -0.378 e. The monoisotopic (exact) mass is 467 g/mol. The molecule has 11 heteroatoms. The Morgan fingerprint density at radius 1 is 1.12 bits per heavy atom. The van der Waals surface area contributed by atoms with Gasteiger partial charge in [0.2, 0.25) is 5.91 Å². The van der Waals surface area contributed by atoms with Gasteiger partial charge in [-0.3, -0.25) is 25.0 Å². The quantitative estimate of drug-likeness (QED) is 0.417. The topological polar surface area (TPSA) is 127 Å². The molecular weight excluding hydrogens is 446 g/mol. The van der Waals surface area contributed by atoms with Crippen molar-refractivity contribution < 1.29 is 19.2 Å². The van der Waals surface area contributed by atoms with Crippen molar-refractivity contribution in [3.8, 4) is 11.3 Å². The number of anilines is 3. The normalized spacial score (nSPS) is 13.4. The van der Waals surface area contributed by atoms with E-state index in [9.17, 15) is 19.7 Å². The summed E-state index contributed by atoms with van der Waals surface area (Å²) < 4.78 is 5.37. The first-order chi connectivity index (χ1) is 15.9. The van der Waals surface area contributed by atoms with E-state index >= 15 is 0 Å². The Morgan fingerprint density at radius 3 is 2.52 bits per heavy atom. The fraction of sp³-hybridized carbons (Fsp3) is 0.227. The highest BCUT2D eigenvalue weighted by Gasteiger charge is 2.23. The zero-order chi connectivity index (χ0) is 23.4. The molecule has 2 aromatic carbocycles. The van der Waals surface area contributed by atoms with Gasteiger partial charge >= 0.3 is 0 Å². The summed E-state index contributed by atoms with van der Waals surface area (Å²) in [5.41, 5.74) is 2.84. The van der Waals surface area contributed by atoms with Crippen molar-refractivity contribution in [2.24, 2.45) is 0 Å². The Balaban J connectivity index is 1.55. The SMILES string of the molecule is CC(=O)Nc1ccc(-c2csc(NC(=O)c3cc([N+](=O)[O-])ccc3N3CCOCC3)n2)cc1. The molecule has 0 spiro atoms. The molecule has 170 valence electrons. The molecule has 2 heterocycles. The van der Waals surface area contributed by atoms with Crippen molar-refractivity contribution in [3.05, 3.63) is 63.5 Å². The third-order valence-electron chi connectivity index (χ3n) is 5.01. The van der Waals surface area contributed by atoms with Crippen molar-refractivity contribution in [1.29, 1.82) is 0 Å². The molecule has 10 nitrogen and oxygen atoms in total. The third-order valence-corrected chi connectivity index (χ3v) is 5.77. The molecule has 1 aliphatic rings. The maximum absolute atomic E-state index is 13.1. The lowest BCUT2D eigenvalue weighted by Crippen LogP contribution is -2.37. The Bertz CT molecular complexity index is 1190. The van der Waals surface area contributed by atoms with Crippen LogP contribution in [0, 0.1) is 10.1 Å². The van der Waals surface area contributed by atoms with Crippen LogP contribution in [0.25, 0.3) is 11.3 Å². The van der Waals surface area contributed by atoms with E-state index in [0.717, 1.165) is 5.56 Å². The minimum absolute atomic E-state index is 0.154. The zero-order valence-corrected chi connectivity index (χ0v) is 18.6. The number of hydrogen-bond acceptors (Lipinski definition) is 8. The molecule has 33 heavy (non-hydrogen) atoms. The Kier molecular flexibility index (Phi) is 6.61. The van der Waals surface area contributed by atoms with Gasteiger partial charge in [0.25, 0.3) is 11.6 Å². The average Bonchev–Trinajstić information content (AvgIpc) is 3.27. The number of ether oxygens (including phenoxy) is 1. The standard InChI is InChI=1S/C22H21N5O5S/c1-14(28)23-16-4-2-15(3-5-16)19-13-33-22(24-19)25-21(29)18-12-17(27(30)31)6-7-20(18)26-8-10-32-11-9-26/h2-7,12-13H,8-11H2,1H3,(H,23,28)(H,24,25,29). The molecule has 2 N–H and O–H groups in total. The molecule has 0 saturated carbocycles. The molecule has 3 aromatic rings. The van der Waals surface area contributed by atoms with Crippen molar-refractivity contribution in [3.63, 3.8) is 0 Å². The minimum atomic E-state index is -0.522. The van der Waals surface area contributed by atoms with E-state index in [1.165, 1.54) is 30.4 Å². The van der Waals surface area contributed by atoms with Crippen LogP contribution in [-0.4, -0.2) is 48.0 Å². The van der Waals surface area contributed by atoms with Crippen LogP contribution < -0.4 is 15.5 Å². The summed E-state index contributed by atoms with van der Waals surface area (Å²) >= 11 is 1.25. The van der Waals surface area contributed by atoms with E-state index in [1.807, 2.05) is 17.0 Å². The number of hydrogen-bond donors (Lipinski definition) is 2. The number of nitrogens with zero attached hydrogens (tertiary/aromatic N) is 3. The second-order valence-electron chi connectivity index (χ2n) is 7.31. The van der Waals surface area contributed by atoms with Gasteiger partial charge in [-0.2, -0.15) is 0 Å². The van der Waals surface area contributed by atoms with Gasteiger partial charge < -0.3 is 15.0 Å². The largest absolute Gasteiger partial charge is 0.378 e. The highest BCUT2D eigenvalue weighted by molar-refractivity contribution is 7.14. The maximum Gasteiger partial charge on any atom is 0.270 e. The molecule has 4 rings (SSSR count). The summed E-state index contributed by atoms with van der Waals surface area (Å²) in [6, 6.07) is 11.5. The number of thiazole rings is 1. The lowest BCUT2D eigenvalue weighted by atomic mass is 10.1. The van der Waals surface area contributed by atoms with Crippen LogP contribution in [0.4, 0.5) is 22.2 Å². The Labute approximate surface area is 193 Å². The van der Waals surface area contributed by atoms with Crippen molar-refractivity contribution in [2.75, 3.05) is 41.8 Å². The number of morpholine rings is 1. The van der Waals surface area contributed by atoms with Gasteiger partial charge in [-0.25, -0.2) is 4.98 Å². The summed E-state index contributed by atoms with van der Waals surface area (Å²) in [7, 11) is 0. The highest BCUT2D eigenvalue weighted by atomic mass is 32.1. The Morgan fingerprint density at radius 2 is 1.85 bits per heavy atom. The van der Waals surface area contributed by atoms with Gasteiger partial charge in [0, 0.05) is 48.8 Å². The van der Waals surface area contributed by atoms with Crippen LogP contribution in [0.1, 0.15) is 17.3 Å². The summed E-state index contributed by atoms with van der Waals surface area (Å²) in [5, 5.41) is 18.9. The van der Waals surface area contributed by atoms with E-state index in [0.29, 0.717) is 48.5 Å². The first kappa shape index (κ1) is 22.4. The lowest BCUT2D eigenvalue weighted by molar-refractivity contribution is -0.384. The summed E-state index contributed by atoms with van der Waals surface area (Å²) in [6.45, 7) is 3.67. The van der Waals surface area contributed by atoms with Gasteiger partial charge in [-0.1, -0.05) is 12.1 Å². The number of nitro benzene ring substituents is 1. The van der Waals surface area contributed by atoms with E-state index in [-0.39, 0.29) is 17.2 Å². The van der Waals surface area contributed by atoms with Crippen LogP contribution in [0.15, 0.2) is 47.8 Å². The second kappa shape index (κ2) is 9.76. The predicted octanol–water partition coefficient (Wildman–Crippen LogP) is 3.77. The smallest absolute Gasteiger partial charge is 0.270 e. The number of carbonyl (C=O) groups excluding carboxylic acids is 2. The van der Waals surface area contributed by atoms with E-state index in [4.69, 9.17) is 4.74 Å². The molecule has 1 aliphatic heterocycles. The van der Waals surface area contributed by atoms with Crippen LogP contribution >= 0.6 is 11.3 Å². The maximum atomic E-state index is 13.1. The van der Waals surface area contributed by atoms with Crippen LogP contribution in [0.5, 0.6) is 0 Å². The first-order valence-corrected chi connectivity index (χ1v) is 11.0. The van der Waals surface area contributed by atoms with Crippen molar-refractivity contribution >= 4 is 45.3 Å². The fourth-order valence-corrected chi connectivity index (χ4v) is 4.17. The van der Waals surface area contributed by atoms with E-state index < -0.39 is 10.8 Å². The molecule has 0 atom stereocenters. The molecule has 2 amide bonds. The number of carbonyl (C=O) groups is 2. The van der Waals surface area contributed by atoms with Gasteiger partial charge in [0.1, 0.15) is 0 Å². The molecule has 0 unspecified atom stereocenters. The highest BCUT2D eigenvalue weighted by Crippen LogP contribution is 2.29. The fourth-order valence-electron chi connectivity index (χ4n) is 3.46.